The number of anilines is 1. The van der Waals surface area contributed by atoms with E-state index in [2.05, 4.69) is 25.4 Å². The number of nitrogens with zero attached hydrogens (tertiary/aromatic N) is 5. The Kier molecular flexibility index (Phi) is 4.24. The molecule has 0 aliphatic heterocycles. The lowest BCUT2D eigenvalue weighted by Gasteiger charge is -2.07. The van der Waals surface area contributed by atoms with E-state index in [9.17, 15) is 13.2 Å². The lowest BCUT2D eigenvalue weighted by molar-refractivity contribution is -0.137. The van der Waals surface area contributed by atoms with Gasteiger partial charge in [-0.25, -0.2) is 4.68 Å². The highest BCUT2D eigenvalue weighted by atomic mass is 19.4. The van der Waals surface area contributed by atoms with E-state index in [0.29, 0.717) is 12.7 Å². The number of methoxy groups -OCH3 is 1. The van der Waals surface area contributed by atoms with Crippen molar-refractivity contribution in [1.82, 2.24) is 24.7 Å². The molecule has 10 heteroatoms. The zero-order chi connectivity index (χ0) is 15.5. The van der Waals surface area contributed by atoms with E-state index in [0.717, 1.165) is 17.3 Å². The maximum Gasteiger partial charge on any atom is 0.419 e. The summed E-state index contributed by atoms with van der Waals surface area (Å²) in [7, 11) is 1.35. The number of aromatic nitrogens is 5. The van der Waals surface area contributed by atoms with Gasteiger partial charge in [0.1, 0.15) is 0 Å². The lowest BCUT2D eigenvalue weighted by atomic mass is 10.4. The molecule has 0 unspecified atom stereocenters. The van der Waals surface area contributed by atoms with Crippen LogP contribution in [0.15, 0.2) is 12.4 Å². The number of ether oxygens (including phenoxy) is 1. The van der Waals surface area contributed by atoms with Gasteiger partial charge < -0.3 is 10.1 Å². The summed E-state index contributed by atoms with van der Waals surface area (Å²) in [5.74, 6) is 0.152. The molecule has 0 radical (unpaired) electrons. The maximum atomic E-state index is 12.6. The van der Waals surface area contributed by atoms with Crippen molar-refractivity contribution in [3.63, 3.8) is 0 Å². The first kappa shape index (κ1) is 15.0. The molecule has 0 fully saturated rings. The van der Waals surface area contributed by atoms with Gasteiger partial charge in [0.05, 0.1) is 18.9 Å². The molecule has 114 valence electrons. The second-order valence-corrected chi connectivity index (χ2v) is 4.04. The molecule has 2 aromatic heterocycles. The standard InChI is InChI=1S/C11H13F3N6O/c1-3-4-15-8-17-9(19-10(18-8)21-2)20-6-7(5-16-20)11(12,13)14/h5-6H,3-4H2,1-2H3,(H,15,17,18,19). The molecule has 0 saturated carbocycles. The molecule has 2 rings (SSSR count). The summed E-state index contributed by atoms with van der Waals surface area (Å²) in [6.45, 7) is 2.56. The van der Waals surface area contributed by atoms with Gasteiger partial charge in [-0.2, -0.15) is 33.2 Å². The molecule has 0 saturated heterocycles. The maximum absolute atomic E-state index is 12.6. The van der Waals surface area contributed by atoms with Gasteiger partial charge in [-0.1, -0.05) is 6.92 Å². The van der Waals surface area contributed by atoms with Gasteiger partial charge in [0.25, 0.3) is 5.95 Å². The van der Waals surface area contributed by atoms with Crippen LogP contribution in [0, 0.1) is 0 Å². The molecule has 1 N–H and O–H groups in total. The number of hydrogen-bond acceptors (Lipinski definition) is 6. The van der Waals surface area contributed by atoms with Gasteiger partial charge in [0, 0.05) is 12.7 Å². The van der Waals surface area contributed by atoms with Crippen LogP contribution in [-0.2, 0) is 6.18 Å². The fourth-order valence-corrected chi connectivity index (χ4v) is 1.43. The predicted molar refractivity (Wildman–Crippen MR) is 67.3 cm³/mol. The predicted octanol–water partition coefficient (Wildman–Crippen LogP) is 1.91. The third kappa shape index (κ3) is 3.58. The fraction of sp³-hybridized carbons (Fsp3) is 0.455. The minimum Gasteiger partial charge on any atom is -0.467 e. The Morgan fingerprint density at radius 1 is 1.29 bits per heavy atom. The summed E-state index contributed by atoms with van der Waals surface area (Å²) >= 11 is 0. The molecular weight excluding hydrogens is 289 g/mol. The van der Waals surface area contributed by atoms with Crippen molar-refractivity contribution in [1.29, 1.82) is 0 Å². The van der Waals surface area contributed by atoms with E-state index in [4.69, 9.17) is 4.74 Å². The molecule has 0 atom stereocenters. The average molecular weight is 302 g/mol. The number of alkyl halides is 3. The van der Waals surface area contributed by atoms with Crippen molar-refractivity contribution in [2.45, 2.75) is 19.5 Å². The Balaban J connectivity index is 2.36. The number of nitrogens with one attached hydrogen (secondary N) is 1. The summed E-state index contributed by atoms with van der Waals surface area (Å²) in [6.07, 6.45) is -2.13. The number of rotatable bonds is 5. The van der Waals surface area contributed by atoms with Gasteiger partial charge in [0.2, 0.25) is 5.95 Å². The Hall–Kier alpha value is -2.39. The molecule has 21 heavy (non-hydrogen) atoms. The minimum absolute atomic E-state index is 0.0114. The normalized spacial score (nSPS) is 11.5. The fourth-order valence-electron chi connectivity index (χ4n) is 1.43. The number of hydrogen-bond donors (Lipinski definition) is 1. The highest BCUT2D eigenvalue weighted by Gasteiger charge is 2.32. The van der Waals surface area contributed by atoms with E-state index in [1.165, 1.54) is 7.11 Å². The zero-order valence-corrected chi connectivity index (χ0v) is 11.3. The van der Waals surface area contributed by atoms with E-state index in [1.807, 2.05) is 6.92 Å². The molecule has 0 bridgehead atoms. The Morgan fingerprint density at radius 2 is 2.05 bits per heavy atom. The van der Waals surface area contributed by atoms with Gasteiger partial charge in [0.15, 0.2) is 0 Å². The largest absolute Gasteiger partial charge is 0.467 e. The molecule has 0 aromatic carbocycles. The first-order valence-electron chi connectivity index (χ1n) is 6.10. The second-order valence-electron chi connectivity index (χ2n) is 4.04. The van der Waals surface area contributed by atoms with Crippen LogP contribution in [0.1, 0.15) is 18.9 Å². The van der Waals surface area contributed by atoms with Crippen LogP contribution < -0.4 is 10.1 Å². The van der Waals surface area contributed by atoms with Crippen molar-refractivity contribution >= 4 is 5.95 Å². The molecule has 2 heterocycles. The van der Waals surface area contributed by atoms with Crippen LogP contribution in [0.5, 0.6) is 6.01 Å². The molecular formula is C11H13F3N6O. The van der Waals surface area contributed by atoms with Crippen molar-refractivity contribution in [3.05, 3.63) is 18.0 Å². The summed E-state index contributed by atoms with van der Waals surface area (Å²) in [4.78, 5) is 11.8. The van der Waals surface area contributed by atoms with Crippen LogP contribution in [0.3, 0.4) is 0 Å². The van der Waals surface area contributed by atoms with E-state index >= 15 is 0 Å². The molecule has 0 aliphatic rings. The van der Waals surface area contributed by atoms with Gasteiger partial charge in [-0.15, -0.1) is 0 Å². The van der Waals surface area contributed by atoms with E-state index in [-0.39, 0.29) is 17.9 Å². The summed E-state index contributed by atoms with van der Waals surface area (Å²) in [5, 5.41) is 6.52. The van der Waals surface area contributed by atoms with Gasteiger partial charge >= 0.3 is 12.2 Å². The number of halogens is 3. The Labute approximate surface area is 118 Å². The monoisotopic (exact) mass is 302 g/mol. The van der Waals surface area contributed by atoms with Crippen molar-refractivity contribution in [2.24, 2.45) is 0 Å². The summed E-state index contributed by atoms with van der Waals surface area (Å²) in [6, 6.07) is -0.0114. The SMILES string of the molecule is CCCNc1nc(OC)nc(-n2cc(C(F)(F)F)cn2)n1. The molecule has 7 nitrogen and oxygen atoms in total. The van der Waals surface area contributed by atoms with Crippen LogP contribution >= 0.6 is 0 Å². The quantitative estimate of drug-likeness (QED) is 0.909. The first-order chi connectivity index (χ1) is 9.94. The van der Waals surface area contributed by atoms with Crippen LogP contribution in [-0.4, -0.2) is 38.4 Å². The van der Waals surface area contributed by atoms with Crippen molar-refractivity contribution in [2.75, 3.05) is 19.0 Å². The summed E-state index contributed by atoms with van der Waals surface area (Å²) in [5.41, 5.74) is -0.884. The zero-order valence-electron chi connectivity index (χ0n) is 11.3. The average Bonchev–Trinajstić information content (AvgIpc) is 2.94. The van der Waals surface area contributed by atoms with Gasteiger partial charge in [-0.05, 0) is 6.42 Å². The first-order valence-corrected chi connectivity index (χ1v) is 6.10. The highest BCUT2D eigenvalue weighted by molar-refractivity contribution is 5.30. The molecule has 0 amide bonds. The molecule has 0 aliphatic carbocycles. The van der Waals surface area contributed by atoms with E-state index < -0.39 is 11.7 Å². The second kappa shape index (κ2) is 5.94. The van der Waals surface area contributed by atoms with Gasteiger partial charge in [-0.3, -0.25) is 0 Å². The van der Waals surface area contributed by atoms with Crippen LogP contribution in [0.25, 0.3) is 5.95 Å². The summed E-state index contributed by atoms with van der Waals surface area (Å²) < 4.78 is 43.5. The van der Waals surface area contributed by atoms with Crippen LogP contribution in [0.2, 0.25) is 0 Å². The minimum atomic E-state index is -4.47. The van der Waals surface area contributed by atoms with Crippen molar-refractivity contribution < 1.29 is 17.9 Å². The topological polar surface area (TPSA) is 77.8 Å². The van der Waals surface area contributed by atoms with Crippen LogP contribution in [0.4, 0.5) is 19.1 Å². The highest BCUT2D eigenvalue weighted by Crippen LogP contribution is 2.28. The Morgan fingerprint density at radius 3 is 2.62 bits per heavy atom. The lowest BCUT2D eigenvalue weighted by Crippen LogP contribution is -2.11. The van der Waals surface area contributed by atoms with E-state index in [1.54, 1.807) is 0 Å². The molecule has 2 aromatic rings. The van der Waals surface area contributed by atoms with Crippen molar-refractivity contribution in [3.8, 4) is 12.0 Å². The Bertz CT molecular complexity index is 612. The molecule has 0 spiro atoms. The third-order valence-electron chi connectivity index (χ3n) is 2.43. The smallest absolute Gasteiger partial charge is 0.419 e. The third-order valence-corrected chi connectivity index (χ3v) is 2.43.